The molecule has 0 aromatic heterocycles. The molecule has 4 fully saturated rings. The molecule has 12 unspecified atom stereocenters. The van der Waals surface area contributed by atoms with E-state index in [1.165, 1.54) is 7.11 Å². The Morgan fingerprint density at radius 3 is 0.816 bits per heavy atom. The summed E-state index contributed by atoms with van der Waals surface area (Å²) < 4.78 is 242. The van der Waals surface area contributed by atoms with Crippen LogP contribution in [0.15, 0.2) is 364 Å². The number of carbonyl (C=O) groups is 1. The van der Waals surface area contributed by atoms with Crippen molar-refractivity contribution in [1.29, 1.82) is 0 Å². The molecule has 23 heteroatoms. The van der Waals surface area contributed by atoms with Gasteiger partial charge in [0, 0.05) is 13.0 Å². The number of benzene rings is 12. The van der Waals surface area contributed by atoms with E-state index in [4.69, 9.17) is 99.5 Å². The number of hydrogen-bond acceptors (Lipinski definition) is 23. The van der Waals surface area contributed by atoms with Crippen molar-refractivity contribution in [3.8, 4) is 0 Å². The molecule has 0 spiro atoms. The molecule has 0 bridgehead atoms. The fraction of sp³-hybridized carbons (Fsp3) is 0.381. The summed E-state index contributed by atoms with van der Waals surface area (Å²) in [5.74, 6) is -0.284. The number of aliphatic hydroxyl groups is 1. The third-order valence-electron chi connectivity index (χ3n) is 24.3. The summed E-state index contributed by atoms with van der Waals surface area (Å²) in [6, 6.07) is 107. The molecule has 0 saturated carbocycles. The highest BCUT2D eigenvalue weighted by Gasteiger charge is 2.60. The zero-order valence-corrected chi connectivity index (χ0v) is 78.9. The summed E-state index contributed by atoms with van der Waals surface area (Å²) in [6.45, 7) is -15.8. The number of esters is 1. The van der Waals surface area contributed by atoms with Crippen LogP contribution in [0, 0.1) is 0 Å². The van der Waals surface area contributed by atoms with Gasteiger partial charge in [0.1, 0.15) is 97.7 Å². The Morgan fingerprint density at radius 1 is 0.241 bits per heavy atom. The fourth-order valence-corrected chi connectivity index (χ4v) is 17.0. The highest BCUT2D eigenvalue weighted by Crippen LogP contribution is 2.42. The molecule has 12 aromatic carbocycles. The monoisotopic (exact) mass is 1930 g/mol. The molecule has 4 aliphatic heterocycles. The lowest BCUT2D eigenvalue weighted by molar-refractivity contribution is -0.416. The Hall–Kier alpha value is -10.7. The zero-order valence-electron chi connectivity index (χ0n) is 87.9. The highest BCUT2D eigenvalue weighted by molar-refractivity contribution is 5.69. The first-order valence-electron chi connectivity index (χ1n) is 53.5. The third kappa shape index (κ3) is 32.1. The highest BCUT2D eigenvalue weighted by atomic mass is 16.8. The molecule has 4 aliphatic rings. The molecule has 141 heavy (non-hydrogen) atoms. The van der Waals surface area contributed by atoms with Crippen molar-refractivity contribution in [2.75, 3.05) is 40.1 Å². The standard InChI is InChI=1S/C118H132O23/c1-121-102(119)68-42-4-2-3-5-43-69-126-116-112(109(132-79-95-62-36-15-37-63-95)105(128-75-91-54-28-11-29-55-91)99(136-116)83-123-71-87-46-20-7-21-47-87)140-118-114(111(134-81-97-66-40-17-41-67-97)107(130-77-93-58-32-13-33-59-93)101(138-118)85-125-73-89-50-24-9-25-51-89)141-117-113(110(133-80-96-64-38-16-39-65-96)106(129-76-92-56-30-12-31-57-92)100(137-117)84-124-72-88-48-22-8-23-49-88)139-115-103(120)108(131-78-94-60-34-14-35-61-94)104(127-74-90-52-26-10-27-53-90)98(135-115)82-122-70-86-44-18-6-19-45-86/h6-41,44-67,98-101,103-118,120H,2-5,42-43,68-85H2,1H3/t98-,99-,100-,101-,103+,104-,105-,106-,107-,108-,109+,110+,111+,112+,113+,114+,115?,116-,117?,118?/m1/s1/i70D,72D,73D,74D,76D,77D,78D,80D,81D/t70?,72?,73?,74?,76?,77?,78?,80?,81?,98-,99-,100-,101-,103+,104-,105-,106-,107-,108-,109+,110+,111+,112+,113+,114+,115?,116-,117?,118?. The summed E-state index contributed by atoms with van der Waals surface area (Å²) in [4.78, 5) is 12.3. The minimum atomic E-state index is -2.17. The number of unbranched alkanes of at least 4 members (excludes halogenated alkanes) is 5. The maximum absolute atomic E-state index is 14.1. The lowest BCUT2D eigenvalue weighted by Gasteiger charge is -2.52. The van der Waals surface area contributed by atoms with E-state index in [0.717, 1.165) is 36.0 Å². The molecule has 0 aliphatic carbocycles. The van der Waals surface area contributed by atoms with E-state index in [2.05, 4.69) is 0 Å². The Balaban J connectivity index is 0.914. The van der Waals surface area contributed by atoms with Gasteiger partial charge in [-0.3, -0.25) is 4.79 Å². The Morgan fingerprint density at radius 2 is 0.475 bits per heavy atom. The Labute approximate surface area is 841 Å². The van der Waals surface area contributed by atoms with Gasteiger partial charge in [0.25, 0.3) is 0 Å². The first kappa shape index (κ1) is 91.5. The minimum Gasteiger partial charge on any atom is -0.469 e. The van der Waals surface area contributed by atoms with Crippen LogP contribution < -0.4 is 0 Å². The Kier molecular flexibility index (Phi) is 36.9. The van der Waals surface area contributed by atoms with E-state index in [1.807, 2.05) is 97.1 Å². The van der Waals surface area contributed by atoms with E-state index in [9.17, 15) is 22.2 Å². The molecule has 29 atom stereocenters. The quantitative estimate of drug-likeness (QED) is 0.0276. The van der Waals surface area contributed by atoms with Crippen molar-refractivity contribution in [2.24, 2.45) is 0 Å². The molecule has 1 N–H and O–H groups in total. The van der Waals surface area contributed by atoms with Crippen molar-refractivity contribution in [3.05, 3.63) is 431 Å². The van der Waals surface area contributed by atoms with Crippen LogP contribution in [0.2, 0.25) is 0 Å². The summed E-state index contributed by atoms with van der Waals surface area (Å²) in [6.07, 6.45) is -29.6. The second kappa shape index (κ2) is 56.9. The smallest absolute Gasteiger partial charge is 0.305 e. The lowest BCUT2D eigenvalue weighted by atomic mass is 9.94. The molecular weight excluding hydrogens is 1790 g/mol. The summed E-state index contributed by atoms with van der Waals surface area (Å²) in [5.41, 5.74) is 5.75. The molecule has 12 aromatic rings. The topological polar surface area (TPSA) is 231 Å². The van der Waals surface area contributed by atoms with Crippen LogP contribution >= 0.6 is 0 Å². The van der Waals surface area contributed by atoms with Crippen molar-refractivity contribution in [1.82, 2.24) is 0 Å². The van der Waals surface area contributed by atoms with Crippen LogP contribution in [-0.4, -0.2) is 174 Å². The summed E-state index contributed by atoms with van der Waals surface area (Å²) >= 11 is 0. The van der Waals surface area contributed by atoms with Gasteiger partial charge in [-0.1, -0.05) is 390 Å². The van der Waals surface area contributed by atoms with Crippen LogP contribution in [0.3, 0.4) is 0 Å². The number of methoxy groups -OCH3 is 1. The van der Waals surface area contributed by atoms with Gasteiger partial charge in [0.05, 0.1) is 125 Å². The number of carbonyl (C=O) groups excluding carboxylic acids is 1. The van der Waals surface area contributed by atoms with E-state index >= 15 is 0 Å². The average Bonchev–Trinajstić information content (AvgIpc) is 0.747. The second-order valence-electron chi connectivity index (χ2n) is 34.7. The van der Waals surface area contributed by atoms with Crippen molar-refractivity contribution < 1.29 is 122 Å². The first-order chi connectivity index (χ1) is 73.4. The average molecular weight is 1930 g/mol. The zero-order chi connectivity index (χ0) is 104. The van der Waals surface area contributed by atoms with Crippen LogP contribution in [-0.2, 0) is 183 Å². The fourth-order valence-electron chi connectivity index (χ4n) is 17.0. The van der Waals surface area contributed by atoms with E-state index in [0.29, 0.717) is 69.3 Å². The third-order valence-corrected chi connectivity index (χ3v) is 24.3. The van der Waals surface area contributed by atoms with Gasteiger partial charge in [-0.2, -0.15) is 0 Å². The molecule has 0 amide bonds. The number of ether oxygens (including phenoxy) is 21. The maximum atomic E-state index is 14.1. The first-order valence-corrected chi connectivity index (χ1v) is 48.3. The SMILES string of the molecule is [2H]C(OC[C@H]1OC(O[C@@H]2C(O[C@@H]3C(O[C@@H]4[C@H](OCCCCCCCCC(=O)OC)O[C@H](COCc5ccccc5)[C@@H](OCc5ccccc5)[C@@H]4OCc4ccccc4)O[C@H](COC([2H])c4ccccc4)[C@@H](OC([2H])c4ccccc4)[C@@H]3OC([2H])c3ccccc3)O[C@H](COC([2H])c3ccccc3)[C@@H](OC([2H])c3ccccc3)[C@@H]2OC([2H])c2ccccc2)[C@@H](O)[C@@H](OC([2H])c2ccccc2)[C@@H]1OC([2H])c1ccccc1)c1ccccc1. The van der Waals surface area contributed by atoms with Crippen molar-refractivity contribution >= 4 is 5.97 Å². The number of hydrogen-bond donors (Lipinski definition) is 1. The van der Waals surface area contributed by atoms with Gasteiger partial charge in [-0.15, -0.1) is 0 Å². The van der Waals surface area contributed by atoms with Gasteiger partial charge in [-0.25, -0.2) is 0 Å². The summed E-state index contributed by atoms with van der Waals surface area (Å²) in [7, 11) is 1.38. The molecule has 4 saturated heterocycles. The van der Waals surface area contributed by atoms with Gasteiger partial charge in [0.15, 0.2) is 25.2 Å². The van der Waals surface area contributed by atoms with Crippen molar-refractivity contribution in [2.45, 2.75) is 247 Å². The van der Waals surface area contributed by atoms with Crippen LogP contribution in [0.25, 0.3) is 0 Å². The molecule has 16 rings (SSSR count). The van der Waals surface area contributed by atoms with Crippen LogP contribution in [0.5, 0.6) is 0 Å². The van der Waals surface area contributed by atoms with Gasteiger partial charge in [0.2, 0.25) is 0 Å². The minimum absolute atomic E-state index is 0.00839. The number of rotatable bonds is 56. The van der Waals surface area contributed by atoms with Crippen molar-refractivity contribution in [3.63, 3.8) is 0 Å². The van der Waals surface area contributed by atoms with E-state index < -0.39 is 202 Å². The summed E-state index contributed by atoms with van der Waals surface area (Å²) in [5, 5.41) is 14.1. The van der Waals surface area contributed by atoms with E-state index in [-0.39, 0.29) is 45.4 Å². The maximum Gasteiger partial charge on any atom is 0.305 e. The van der Waals surface area contributed by atoms with Gasteiger partial charge >= 0.3 is 5.97 Å². The molecule has 742 valence electrons. The molecule has 4 heterocycles. The Bertz CT molecular complexity index is 5790. The molecule has 0 radical (unpaired) electrons. The molecular formula is C118H132O23. The van der Waals surface area contributed by atoms with Crippen LogP contribution in [0.4, 0.5) is 0 Å². The molecule has 23 nitrogen and oxygen atoms in total. The predicted molar refractivity (Wildman–Crippen MR) is 530 cm³/mol. The largest absolute Gasteiger partial charge is 0.469 e. The second-order valence-corrected chi connectivity index (χ2v) is 34.7. The van der Waals surface area contributed by atoms with Gasteiger partial charge < -0.3 is 105 Å². The normalized spacial score (nSPS) is 27.5. The lowest BCUT2D eigenvalue weighted by Crippen LogP contribution is -2.69. The van der Waals surface area contributed by atoms with E-state index in [1.54, 1.807) is 267 Å². The number of aliphatic hydroxyl groups excluding tert-OH is 1. The van der Waals surface area contributed by atoms with Crippen LogP contribution in [0.1, 0.15) is 124 Å². The van der Waals surface area contributed by atoms with Gasteiger partial charge in [-0.05, 0) is 79.6 Å². The predicted octanol–water partition coefficient (Wildman–Crippen LogP) is 19.9.